The van der Waals surface area contributed by atoms with Gasteiger partial charge in [-0.2, -0.15) is 5.10 Å². The minimum atomic E-state index is 0.651. The molecule has 6 heteroatoms. The minimum Gasteiger partial charge on any atom is -0.381 e. The summed E-state index contributed by atoms with van der Waals surface area (Å²) in [5.74, 6) is 1.89. The molecule has 22 heavy (non-hydrogen) atoms. The Hall–Kier alpha value is -1.11. The molecule has 2 aliphatic heterocycles. The van der Waals surface area contributed by atoms with Gasteiger partial charge in [0.05, 0.1) is 25.5 Å². The highest BCUT2D eigenvalue weighted by atomic mass is 16.5. The molecule has 0 saturated carbocycles. The van der Waals surface area contributed by atoms with Gasteiger partial charge in [-0.15, -0.1) is 0 Å². The van der Waals surface area contributed by atoms with Crippen molar-refractivity contribution in [2.45, 2.75) is 26.3 Å². The number of anilines is 1. The summed E-state index contributed by atoms with van der Waals surface area (Å²) in [6.07, 6.45) is 2.46. The summed E-state index contributed by atoms with van der Waals surface area (Å²) in [6.45, 7) is 9.33. The van der Waals surface area contributed by atoms with E-state index in [0.717, 1.165) is 58.3 Å². The van der Waals surface area contributed by atoms with Gasteiger partial charge in [-0.05, 0) is 25.7 Å². The molecule has 0 bridgehead atoms. The molecule has 0 aromatic carbocycles. The van der Waals surface area contributed by atoms with Crippen molar-refractivity contribution in [2.75, 3.05) is 51.0 Å². The quantitative estimate of drug-likeness (QED) is 0.882. The Balaban J connectivity index is 1.61. The minimum absolute atomic E-state index is 0.651. The third-order valence-electron chi connectivity index (χ3n) is 4.61. The van der Waals surface area contributed by atoms with E-state index in [1.54, 1.807) is 0 Å². The van der Waals surface area contributed by atoms with E-state index in [4.69, 9.17) is 9.47 Å². The Morgan fingerprint density at radius 2 is 2.05 bits per heavy atom. The summed E-state index contributed by atoms with van der Waals surface area (Å²) in [4.78, 5) is 2.39. The molecule has 3 heterocycles. The predicted octanol–water partition coefficient (Wildman–Crippen LogP) is 1.08. The van der Waals surface area contributed by atoms with Gasteiger partial charge in [-0.3, -0.25) is 4.68 Å². The molecule has 2 aliphatic rings. The lowest BCUT2D eigenvalue weighted by Crippen LogP contribution is -2.38. The van der Waals surface area contributed by atoms with Gasteiger partial charge in [-0.25, -0.2) is 0 Å². The molecule has 0 radical (unpaired) electrons. The van der Waals surface area contributed by atoms with Crippen LogP contribution in [-0.2, 0) is 23.1 Å². The maximum absolute atomic E-state index is 5.55. The lowest BCUT2D eigenvalue weighted by Gasteiger charge is -2.30. The molecule has 2 fully saturated rings. The molecule has 124 valence electrons. The van der Waals surface area contributed by atoms with Crippen molar-refractivity contribution in [2.24, 2.45) is 13.0 Å². The van der Waals surface area contributed by atoms with Crippen molar-refractivity contribution in [3.63, 3.8) is 0 Å². The third kappa shape index (κ3) is 3.62. The van der Waals surface area contributed by atoms with Crippen LogP contribution in [0, 0.1) is 12.8 Å². The smallest absolute Gasteiger partial charge is 0.131 e. The van der Waals surface area contributed by atoms with Crippen LogP contribution in [0.2, 0.25) is 0 Å². The number of morpholine rings is 1. The van der Waals surface area contributed by atoms with E-state index < -0.39 is 0 Å². The molecule has 1 aromatic heterocycles. The van der Waals surface area contributed by atoms with Gasteiger partial charge in [0.25, 0.3) is 0 Å². The summed E-state index contributed by atoms with van der Waals surface area (Å²) in [7, 11) is 2.04. The van der Waals surface area contributed by atoms with Crippen LogP contribution in [0.5, 0.6) is 0 Å². The number of nitrogens with zero attached hydrogens (tertiary/aromatic N) is 3. The Labute approximate surface area is 132 Å². The normalized spacial score (nSPS) is 23.0. The van der Waals surface area contributed by atoms with Crippen molar-refractivity contribution < 1.29 is 9.47 Å². The summed E-state index contributed by atoms with van der Waals surface area (Å²) < 4.78 is 13.0. The maximum Gasteiger partial charge on any atom is 0.131 e. The van der Waals surface area contributed by atoms with Crippen molar-refractivity contribution >= 4 is 5.82 Å². The van der Waals surface area contributed by atoms with Gasteiger partial charge < -0.3 is 19.7 Å². The van der Waals surface area contributed by atoms with Crippen molar-refractivity contribution in [1.82, 2.24) is 15.1 Å². The Bertz CT molecular complexity index is 477. The monoisotopic (exact) mass is 308 g/mol. The second-order valence-electron chi connectivity index (χ2n) is 6.32. The van der Waals surface area contributed by atoms with E-state index in [1.807, 2.05) is 11.7 Å². The lowest BCUT2D eigenvalue weighted by atomic mass is 10.0. The highest BCUT2D eigenvalue weighted by molar-refractivity contribution is 5.50. The predicted molar refractivity (Wildman–Crippen MR) is 86.2 cm³/mol. The molecule has 0 spiro atoms. The Morgan fingerprint density at radius 3 is 2.77 bits per heavy atom. The van der Waals surface area contributed by atoms with Crippen molar-refractivity contribution in [3.05, 3.63) is 11.3 Å². The molecule has 1 atom stereocenters. The zero-order valence-electron chi connectivity index (χ0n) is 13.8. The largest absolute Gasteiger partial charge is 0.381 e. The summed E-state index contributed by atoms with van der Waals surface area (Å²) in [6, 6.07) is 0. The van der Waals surface area contributed by atoms with Crippen molar-refractivity contribution in [3.8, 4) is 0 Å². The third-order valence-corrected chi connectivity index (χ3v) is 4.61. The second-order valence-corrected chi connectivity index (χ2v) is 6.32. The van der Waals surface area contributed by atoms with Crippen LogP contribution < -0.4 is 10.2 Å². The van der Waals surface area contributed by atoms with Crippen LogP contribution in [0.25, 0.3) is 0 Å². The van der Waals surface area contributed by atoms with E-state index in [0.29, 0.717) is 5.92 Å². The number of ether oxygens (including phenoxy) is 2. The number of aryl methyl sites for hydroxylation is 2. The van der Waals surface area contributed by atoms with Crippen LogP contribution in [0.15, 0.2) is 0 Å². The first-order valence-corrected chi connectivity index (χ1v) is 8.39. The second kappa shape index (κ2) is 7.44. The van der Waals surface area contributed by atoms with E-state index in [-0.39, 0.29) is 0 Å². The summed E-state index contributed by atoms with van der Waals surface area (Å²) >= 11 is 0. The first kappa shape index (κ1) is 15.8. The molecule has 1 aromatic rings. The summed E-state index contributed by atoms with van der Waals surface area (Å²) in [5, 5.41) is 8.23. The highest BCUT2D eigenvalue weighted by Gasteiger charge is 2.21. The van der Waals surface area contributed by atoms with Gasteiger partial charge in [-0.1, -0.05) is 0 Å². The first-order valence-electron chi connectivity index (χ1n) is 8.39. The Kier molecular flexibility index (Phi) is 5.33. The molecule has 2 saturated heterocycles. The van der Waals surface area contributed by atoms with Crippen LogP contribution in [-0.4, -0.2) is 55.8 Å². The zero-order valence-corrected chi connectivity index (χ0v) is 13.8. The standard InChI is InChI=1S/C16H28N4O2/c1-13-15(11-17-10-14-4-3-7-22-12-14)16(19(2)18-13)20-5-8-21-9-6-20/h14,17H,3-12H2,1-2H3. The number of rotatable bonds is 5. The van der Waals surface area contributed by atoms with Gasteiger partial charge in [0.2, 0.25) is 0 Å². The topological polar surface area (TPSA) is 51.5 Å². The number of nitrogens with one attached hydrogen (secondary N) is 1. The van der Waals surface area contributed by atoms with Crippen molar-refractivity contribution in [1.29, 1.82) is 0 Å². The molecular formula is C16H28N4O2. The van der Waals surface area contributed by atoms with Crippen LogP contribution in [0.1, 0.15) is 24.1 Å². The molecule has 0 aliphatic carbocycles. The highest BCUT2D eigenvalue weighted by Crippen LogP contribution is 2.24. The number of hydrogen-bond donors (Lipinski definition) is 1. The van der Waals surface area contributed by atoms with Crippen LogP contribution in [0.3, 0.4) is 0 Å². The molecule has 0 amide bonds. The van der Waals surface area contributed by atoms with Gasteiger partial charge in [0.1, 0.15) is 5.82 Å². The van der Waals surface area contributed by atoms with Crippen LogP contribution in [0.4, 0.5) is 5.82 Å². The fraction of sp³-hybridized carbons (Fsp3) is 0.812. The van der Waals surface area contributed by atoms with Gasteiger partial charge >= 0.3 is 0 Å². The average molecular weight is 308 g/mol. The first-order chi connectivity index (χ1) is 10.8. The Morgan fingerprint density at radius 1 is 1.23 bits per heavy atom. The SMILES string of the molecule is Cc1nn(C)c(N2CCOCC2)c1CNCC1CCCOC1. The fourth-order valence-electron chi connectivity index (χ4n) is 3.44. The van der Waals surface area contributed by atoms with Gasteiger partial charge in [0, 0.05) is 45.4 Å². The number of hydrogen-bond acceptors (Lipinski definition) is 5. The molecule has 1 N–H and O–H groups in total. The van der Waals surface area contributed by atoms with E-state index in [2.05, 4.69) is 22.2 Å². The van der Waals surface area contributed by atoms with Crippen LogP contribution >= 0.6 is 0 Å². The zero-order chi connectivity index (χ0) is 15.4. The maximum atomic E-state index is 5.55. The summed E-state index contributed by atoms with van der Waals surface area (Å²) in [5.41, 5.74) is 2.44. The molecular weight excluding hydrogens is 280 g/mol. The van der Waals surface area contributed by atoms with E-state index >= 15 is 0 Å². The fourth-order valence-corrected chi connectivity index (χ4v) is 3.44. The van der Waals surface area contributed by atoms with Gasteiger partial charge in [0.15, 0.2) is 0 Å². The average Bonchev–Trinajstić information content (AvgIpc) is 2.83. The lowest BCUT2D eigenvalue weighted by molar-refractivity contribution is 0.0547. The number of aromatic nitrogens is 2. The molecule has 3 rings (SSSR count). The molecule has 6 nitrogen and oxygen atoms in total. The van der Waals surface area contributed by atoms with E-state index in [9.17, 15) is 0 Å². The molecule has 1 unspecified atom stereocenters. The van der Waals surface area contributed by atoms with E-state index in [1.165, 1.54) is 24.2 Å².